The van der Waals surface area contributed by atoms with Crippen LogP contribution in [0.3, 0.4) is 0 Å². The van der Waals surface area contributed by atoms with Gasteiger partial charge in [-0.3, -0.25) is 3.97 Å². The first-order valence-electron chi connectivity index (χ1n) is 5.73. The van der Waals surface area contributed by atoms with Crippen LogP contribution in [0.15, 0.2) is 48.8 Å². The van der Waals surface area contributed by atoms with Crippen LogP contribution in [0.2, 0.25) is 0 Å². The molecular weight excluding hydrogens is 371 g/mol. The maximum Gasteiger partial charge on any atom is 0.151 e. The molecule has 96 valence electrons. The van der Waals surface area contributed by atoms with Gasteiger partial charge in [-0.05, 0) is 18.2 Å². The van der Waals surface area contributed by atoms with Gasteiger partial charge in [-0.2, -0.15) is 0 Å². The van der Waals surface area contributed by atoms with Crippen LogP contribution >= 0.6 is 30.3 Å². The molecule has 2 heterocycles. The lowest BCUT2D eigenvalue weighted by Gasteiger charge is -2.06. The highest BCUT2D eigenvalue weighted by atomic mass is 127. The van der Waals surface area contributed by atoms with Crippen LogP contribution < -0.4 is 4.74 Å². The Morgan fingerprint density at radius 1 is 1.16 bits per heavy atom. The monoisotopic (exact) mass is 382 g/mol. The summed E-state index contributed by atoms with van der Waals surface area (Å²) in [6, 6.07) is 12.1. The van der Waals surface area contributed by atoms with Crippen molar-refractivity contribution in [3.8, 4) is 16.9 Å². The summed E-state index contributed by atoms with van der Waals surface area (Å²) >= 11 is 2.26. The van der Waals surface area contributed by atoms with Gasteiger partial charge in [-0.15, -0.1) is 0 Å². The summed E-state index contributed by atoms with van der Waals surface area (Å²) in [7, 11) is 3.31. The first-order chi connectivity index (χ1) is 9.35. The molecule has 3 aromatic rings. The summed E-state index contributed by atoms with van der Waals surface area (Å²) in [5.41, 5.74) is 3.21. The molecule has 0 saturated heterocycles. The molecule has 2 aromatic heterocycles. The Morgan fingerprint density at radius 2 is 2.00 bits per heavy atom. The van der Waals surface area contributed by atoms with Crippen molar-refractivity contribution in [1.82, 2.24) is 8.96 Å². The number of pyridine rings is 1. The van der Waals surface area contributed by atoms with Crippen molar-refractivity contribution >= 4 is 41.4 Å². The van der Waals surface area contributed by atoms with E-state index in [0.717, 1.165) is 27.9 Å². The van der Waals surface area contributed by atoms with E-state index in [1.165, 1.54) is 0 Å². The Hall–Kier alpha value is -1.21. The Balaban J connectivity index is 2.31. The summed E-state index contributed by atoms with van der Waals surface area (Å²) < 4.78 is 7.52. The second kappa shape index (κ2) is 5.42. The Morgan fingerprint density at radius 3 is 2.79 bits per heavy atom. The van der Waals surface area contributed by atoms with Crippen molar-refractivity contribution in [2.24, 2.45) is 0 Å². The number of hydrogen-bond acceptors (Lipinski definition) is 3. The molecule has 0 aliphatic heterocycles. The molecule has 0 radical (unpaired) electrons. The van der Waals surface area contributed by atoms with Crippen molar-refractivity contribution in [3.63, 3.8) is 0 Å². The molecule has 0 atom stereocenters. The van der Waals surface area contributed by atoms with Gasteiger partial charge in [0.15, 0.2) is 5.65 Å². The Bertz CT molecular complexity index is 726. The Kier molecular flexibility index (Phi) is 3.65. The van der Waals surface area contributed by atoms with Crippen molar-refractivity contribution in [2.45, 2.75) is 0 Å². The zero-order valence-corrected chi connectivity index (χ0v) is 13.2. The van der Waals surface area contributed by atoms with Crippen LogP contribution in [0.4, 0.5) is 0 Å². The zero-order valence-electron chi connectivity index (χ0n) is 10.2. The second-order valence-electron chi connectivity index (χ2n) is 4.01. The molecule has 0 bridgehead atoms. The number of rotatable bonds is 3. The third kappa shape index (κ3) is 2.21. The predicted molar refractivity (Wildman–Crippen MR) is 88.7 cm³/mol. The number of para-hydroxylation sites is 1. The van der Waals surface area contributed by atoms with Gasteiger partial charge in [-0.1, -0.05) is 18.2 Å². The van der Waals surface area contributed by atoms with E-state index < -0.39 is 0 Å². The molecule has 0 saturated carbocycles. The number of hydrogen-bond donors (Lipinski definition) is 0. The highest BCUT2D eigenvalue weighted by molar-refractivity contribution is 14.2. The number of halogens is 1. The number of methoxy groups -OCH3 is 1. The maximum absolute atomic E-state index is 5.45. The number of aromatic nitrogens is 2. The maximum atomic E-state index is 5.45. The van der Waals surface area contributed by atoms with Gasteiger partial charge in [-0.25, -0.2) is 4.98 Å². The molecule has 3 rings (SSSR count). The van der Waals surface area contributed by atoms with E-state index in [0.29, 0.717) is 0 Å². The summed E-state index contributed by atoms with van der Waals surface area (Å²) in [5, 5.41) is 1.14. The van der Waals surface area contributed by atoms with E-state index in [4.69, 9.17) is 4.74 Å². The van der Waals surface area contributed by atoms with E-state index >= 15 is 0 Å². The smallest absolute Gasteiger partial charge is 0.151 e. The number of fused-ring (bicyclic) bond motifs is 1. The molecule has 0 aliphatic carbocycles. The summed E-state index contributed by atoms with van der Waals surface area (Å²) in [6.07, 6.45) is 3.92. The fourth-order valence-electron chi connectivity index (χ4n) is 2.17. The second-order valence-corrected chi connectivity index (χ2v) is 5.73. The highest BCUT2D eigenvalue weighted by Crippen LogP contribution is 2.37. The van der Waals surface area contributed by atoms with Crippen LogP contribution in [-0.4, -0.2) is 16.1 Å². The standard InChI is InChI=1S/C14H11IN2OS/c1-18-13-7-3-2-5-10(13)12-9-17(19-15)14-11(12)6-4-8-16-14/h2-9H,1H3. The van der Waals surface area contributed by atoms with E-state index in [-0.39, 0.29) is 0 Å². The van der Waals surface area contributed by atoms with Crippen LogP contribution in [0.25, 0.3) is 22.2 Å². The van der Waals surface area contributed by atoms with E-state index in [1.54, 1.807) is 16.2 Å². The SMILES string of the molecule is COc1ccccc1-c1cn(SI)c2ncccc12. The minimum absolute atomic E-state index is 0.879. The summed E-state index contributed by atoms with van der Waals surface area (Å²) in [6.45, 7) is 0. The molecule has 0 unspecified atom stereocenters. The van der Waals surface area contributed by atoms with Crippen molar-refractivity contribution in [1.29, 1.82) is 0 Å². The lowest BCUT2D eigenvalue weighted by molar-refractivity contribution is 0.416. The molecule has 0 N–H and O–H groups in total. The average Bonchev–Trinajstić information content (AvgIpc) is 2.86. The van der Waals surface area contributed by atoms with Gasteiger partial charge < -0.3 is 4.74 Å². The summed E-state index contributed by atoms with van der Waals surface area (Å²) in [5.74, 6) is 0.879. The number of ether oxygens (including phenoxy) is 1. The van der Waals surface area contributed by atoms with Gasteiger partial charge in [0.05, 0.1) is 7.11 Å². The molecule has 19 heavy (non-hydrogen) atoms. The first-order valence-corrected chi connectivity index (χ1v) is 9.05. The van der Waals surface area contributed by atoms with E-state index in [9.17, 15) is 0 Å². The molecule has 0 aliphatic rings. The van der Waals surface area contributed by atoms with E-state index in [2.05, 4.69) is 48.5 Å². The minimum atomic E-state index is 0.879. The summed E-state index contributed by atoms with van der Waals surface area (Å²) in [4.78, 5) is 4.45. The van der Waals surface area contributed by atoms with Crippen LogP contribution in [0, 0.1) is 0 Å². The lowest BCUT2D eigenvalue weighted by Crippen LogP contribution is -1.86. The third-order valence-electron chi connectivity index (χ3n) is 3.00. The fraction of sp³-hybridized carbons (Fsp3) is 0.0714. The van der Waals surface area contributed by atoms with Gasteiger partial charge in [0, 0.05) is 59.2 Å². The topological polar surface area (TPSA) is 27.1 Å². The van der Waals surface area contributed by atoms with Gasteiger partial charge in [0.25, 0.3) is 0 Å². The van der Waals surface area contributed by atoms with Crippen LogP contribution in [0.1, 0.15) is 0 Å². The Labute approximate surface area is 127 Å². The highest BCUT2D eigenvalue weighted by Gasteiger charge is 2.13. The third-order valence-corrected chi connectivity index (χ3v) is 4.70. The van der Waals surface area contributed by atoms with Crippen molar-refractivity contribution < 1.29 is 4.74 Å². The molecular formula is C14H11IN2OS. The number of benzene rings is 1. The lowest BCUT2D eigenvalue weighted by atomic mass is 10.1. The molecule has 3 nitrogen and oxygen atoms in total. The molecule has 1 aromatic carbocycles. The van der Waals surface area contributed by atoms with E-state index in [1.807, 2.05) is 30.5 Å². The van der Waals surface area contributed by atoms with Crippen molar-refractivity contribution in [2.75, 3.05) is 7.11 Å². The van der Waals surface area contributed by atoms with Gasteiger partial charge >= 0.3 is 0 Å². The molecule has 0 fully saturated rings. The van der Waals surface area contributed by atoms with Gasteiger partial charge in [0.1, 0.15) is 5.75 Å². The minimum Gasteiger partial charge on any atom is -0.496 e. The molecule has 5 heteroatoms. The quantitative estimate of drug-likeness (QED) is 0.622. The zero-order chi connectivity index (χ0) is 13.2. The predicted octanol–water partition coefficient (Wildman–Crippen LogP) is 4.56. The van der Waals surface area contributed by atoms with Crippen LogP contribution in [0.5, 0.6) is 5.75 Å². The molecule has 0 amide bonds. The van der Waals surface area contributed by atoms with Crippen molar-refractivity contribution in [3.05, 3.63) is 48.8 Å². The van der Waals surface area contributed by atoms with Crippen LogP contribution in [-0.2, 0) is 0 Å². The fourth-order valence-corrected chi connectivity index (χ4v) is 3.42. The first kappa shape index (κ1) is 12.8. The largest absolute Gasteiger partial charge is 0.496 e. The molecule has 0 spiro atoms. The average molecular weight is 382 g/mol. The van der Waals surface area contributed by atoms with Gasteiger partial charge in [0.2, 0.25) is 0 Å². The normalized spacial score (nSPS) is 10.8. The number of nitrogens with zero attached hydrogens (tertiary/aromatic N) is 2.